The van der Waals surface area contributed by atoms with Crippen LogP contribution in [0.1, 0.15) is 29.8 Å². The Hall–Kier alpha value is -2.82. The first-order valence-corrected chi connectivity index (χ1v) is 10.8. The van der Waals surface area contributed by atoms with Gasteiger partial charge >= 0.3 is 5.97 Å². The minimum Gasteiger partial charge on any atom is -0.457 e. The van der Waals surface area contributed by atoms with Gasteiger partial charge in [-0.1, -0.05) is 6.07 Å². The van der Waals surface area contributed by atoms with E-state index in [1.165, 1.54) is 52.8 Å². The van der Waals surface area contributed by atoms with Crippen LogP contribution in [0.4, 0.5) is 5.69 Å². The average molecular weight is 434 g/mol. The number of esters is 1. The van der Waals surface area contributed by atoms with Gasteiger partial charge in [-0.05, 0) is 49.7 Å². The highest BCUT2D eigenvalue weighted by Crippen LogP contribution is 2.22. The van der Waals surface area contributed by atoms with Crippen molar-refractivity contribution >= 4 is 21.7 Å². The number of rotatable bonds is 6. The zero-order valence-electron chi connectivity index (χ0n) is 16.6. The fourth-order valence-electron chi connectivity index (χ4n) is 3.21. The van der Waals surface area contributed by atoms with E-state index in [4.69, 9.17) is 9.47 Å². The highest BCUT2D eigenvalue weighted by atomic mass is 32.2. The topological polar surface area (TPSA) is 116 Å². The number of sulfonamides is 1. The molecular weight excluding hydrogens is 412 g/mol. The molecule has 1 fully saturated rings. The summed E-state index contributed by atoms with van der Waals surface area (Å²) in [5.41, 5.74) is 0.621. The minimum absolute atomic E-state index is 0.00795. The van der Waals surface area contributed by atoms with Gasteiger partial charge in [-0.15, -0.1) is 0 Å². The second kappa shape index (κ2) is 8.90. The zero-order valence-corrected chi connectivity index (χ0v) is 17.4. The summed E-state index contributed by atoms with van der Waals surface area (Å²) in [5, 5.41) is 10.7. The Morgan fingerprint density at radius 3 is 2.40 bits per heavy atom. The van der Waals surface area contributed by atoms with Gasteiger partial charge in [0.15, 0.2) is 0 Å². The molecule has 2 aromatic rings. The van der Waals surface area contributed by atoms with Gasteiger partial charge in [-0.25, -0.2) is 13.2 Å². The van der Waals surface area contributed by atoms with Crippen LogP contribution >= 0.6 is 0 Å². The second-order valence-electron chi connectivity index (χ2n) is 7.11. The van der Waals surface area contributed by atoms with Gasteiger partial charge in [-0.2, -0.15) is 4.31 Å². The summed E-state index contributed by atoms with van der Waals surface area (Å²) in [7, 11) is -3.78. The monoisotopic (exact) mass is 434 g/mol. The van der Waals surface area contributed by atoms with Crippen LogP contribution in [0.5, 0.6) is 0 Å². The van der Waals surface area contributed by atoms with Gasteiger partial charge in [0.25, 0.3) is 5.69 Å². The highest BCUT2D eigenvalue weighted by Gasteiger charge is 2.32. The molecule has 1 aliphatic rings. The lowest BCUT2D eigenvalue weighted by Crippen LogP contribution is -2.48. The van der Waals surface area contributed by atoms with E-state index in [0.717, 1.165) is 0 Å². The molecule has 10 heteroatoms. The van der Waals surface area contributed by atoms with Crippen molar-refractivity contribution in [2.45, 2.75) is 37.6 Å². The quantitative estimate of drug-likeness (QED) is 0.390. The molecule has 1 aliphatic heterocycles. The van der Waals surface area contributed by atoms with E-state index >= 15 is 0 Å². The summed E-state index contributed by atoms with van der Waals surface area (Å²) >= 11 is 0. The van der Waals surface area contributed by atoms with Crippen LogP contribution in [0.25, 0.3) is 0 Å². The van der Waals surface area contributed by atoms with Crippen molar-refractivity contribution in [2.24, 2.45) is 0 Å². The van der Waals surface area contributed by atoms with Crippen LogP contribution in [0.2, 0.25) is 0 Å². The Balaban J connectivity index is 1.71. The molecule has 0 N–H and O–H groups in total. The van der Waals surface area contributed by atoms with Gasteiger partial charge < -0.3 is 9.47 Å². The number of morpholine rings is 1. The largest absolute Gasteiger partial charge is 0.457 e. The average Bonchev–Trinajstić information content (AvgIpc) is 2.71. The fraction of sp³-hybridized carbons (Fsp3) is 0.350. The van der Waals surface area contributed by atoms with Crippen LogP contribution < -0.4 is 0 Å². The molecule has 0 radical (unpaired) electrons. The molecule has 160 valence electrons. The number of nitro groups is 1. The number of hydrogen-bond acceptors (Lipinski definition) is 7. The number of non-ortho nitro benzene ring substituents is 1. The van der Waals surface area contributed by atoms with Crippen molar-refractivity contribution in [1.82, 2.24) is 4.31 Å². The zero-order chi connectivity index (χ0) is 21.9. The molecule has 0 aromatic heterocycles. The smallest absolute Gasteiger partial charge is 0.338 e. The van der Waals surface area contributed by atoms with Crippen molar-refractivity contribution in [3.63, 3.8) is 0 Å². The molecule has 0 spiro atoms. The molecule has 0 bridgehead atoms. The summed E-state index contributed by atoms with van der Waals surface area (Å²) in [6, 6.07) is 11.3. The van der Waals surface area contributed by atoms with Crippen molar-refractivity contribution in [3.05, 3.63) is 69.8 Å². The Morgan fingerprint density at radius 2 is 1.80 bits per heavy atom. The number of ether oxygens (including phenoxy) is 2. The van der Waals surface area contributed by atoms with Crippen LogP contribution in [0.15, 0.2) is 53.4 Å². The van der Waals surface area contributed by atoms with Crippen molar-refractivity contribution < 1.29 is 27.6 Å². The van der Waals surface area contributed by atoms with Gasteiger partial charge in [0, 0.05) is 25.2 Å². The lowest BCUT2D eigenvalue weighted by Gasteiger charge is -2.34. The fourth-order valence-corrected chi connectivity index (χ4v) is 4.84. The van der Waals surface area contributed by atoms with Crippen LogP contribution in [0.3, 0.4) is 0 Å². The third-order valence-corrected chi connectivity index (χ3v) is 6.44. The number of hydrogen-bond donors (Lipinski definition) is 0. The molecule has 0 amide bonds. The van der Waals surface area contributed by atoms with Crippen LogP contribution in [-0.2, 0) is 26.1 Å². The first kappa shape index (κ1) is 21.9. The van der Waals surface area contributed by atoms with E-state index in [0.29, 0.717) is 5.56 Å². The van der Waals surface area contributed by atoms with Gasteiger partial charge in [-0.3, -0.25) is 10.1 Å². The third kappa shape index (κ3) is 5.02. The summed E-state index contributed by atoms with van der Waals surface area (Å²) in [5.74, 6) is -0.686. The maximum Gasteiger partial charge on any atom is 0.338 e. The molecule has 30 heavy (non-hydrogen) atoms. The number of carbonyl (C=O) groups is 1. The highest BCUT2D eigenvalue weighted by molar-refractivity contribution is 7.89. The van der Waals surface area contributed by atoms with Crippen LogP contribution in [-0.4, -0.2) is 48.9 Å². The third-order valence-electron chi connectivity index (χ3n) is 4.61. The second-order valence-corrected chi connectivity index (χ2v) is 9.04. The van der Waals surface area contributed by atoms with E-state index in [-0.39, 0.29) is 48.1 Å². The number of carbonyl (C=O) groups excluding carboxylic acids is 1. The van der Waals surface area contributed by atoms with Crippen molar-refractivity contribution in [3.8, 4) is 0 Å². The Morgan fingerprint density at radius 1 is 1.17 bits per heavy atom. The van der Waals surface area contributed by atoms with E-state index in [1.807, 2.05) is 13.8 Å². The number of nitrogens with zero attached hydrogens (tertiary/aromatic N) is 2. The number of nitro benzene ring substituents is 1. The molecule has 1 saturated heterocycles. The van der Waals surface area contributed by atoms with E-state index in [2.05, 4.69) is 0 Å². The molecule has 2 atom stereocenters. The van der Waals surface area contributed by atoms with E-state index in [9.17, 15) is 23.3 Å². The van der Waals surface area contributed by atoms with Crippen LogP contribution in [0, 0.1) is 10.1 Å². The predicted octanol–water partition coefficient (Wildman–Crippen LogP) is 2.75. The first-order chi connectivity index (χ1) is 14.2. The maximum atomic E-state index is 13.0. The van der Waals surface area contributed by atoms with Crippen molar-refractivity contribution in [1.29, 1.82) is 0 Å². The molecular formula is C20H22N2O7S. The molecule has 2 unspecified atom stereocenters. The number of benzene rings is 2. The molecule has 0 aliphatic carbocycles. The standard InChI is InChI=1S/C20H22N2O7S/c1-14-11-21(12-15(2)29-14)30(26,27)19-5-3-4-17(10-19)20(23)28-13-16-6-8-18(9-7-16)22(24)25/h3-10,14-15H,11-13H2,1-2H3. The lowest BCUT2D eigenvalue weighted by molar-refractivity contribution is -0.384. The maximum absolute atomic E-state index is 13.0. The molecule has 9 nitrogen and oxygen atoms in total. The molecule has 3 rings (SSSR count). The SMILES string of the molecule is CC1CN(S(=O)(=O)c2cccc(C(=O)OCc3ccc([N+](=O)[O-])cc3)c2)CC(C)O1. The van der Waals surface area contributed by atoms with E-state index in [1.54, 1.807) is 0 Å². The minimum atomic E-state index is -3.78. The Bertz CT molecular complexity index is 1030. The summed E-state index contributed by atoms with van der Waals surface area (Å²) in [6.07, 6.45) is -0.447. The first-order valence-electron chi connectivity index (χ1n) is 9.33. The molecule has 2 aromatic carbocycles. The van der Waals surface area contributed by atoms with Gasteiger partial charge in [0.2, 0.25) is 10.0 Å². The van der Waals surface area contributed by atoms with E-state index < -0.39 is 20.9 Å². The summed E-state index contributed by atoms with van der Waals surface area (Å²) in [4.78, 5) is 22.6. The lowest BCUT2D eigenvalue weighted by atomic mass is 10.2. The Kier molecular flexibility index (Phi) is 6.49. The molecule has 1 heterocycles. The summed E-state index contributed by atoms with van der Waals surface area (Å²) < 4.78 is 38.1. The van der Waals surface area contributed by atoms with Gasteiger partial charge in [0.05, 0.1) is 27.6 Å². The molecule has 0 saturated carbocycles. The summed E-state index contributed by atoms with van der Waals surface area (Å²) in [6.45, 7) is 4.00. The predicted molar refractivity (Wildman–Crippen MR) is 107 cm³/mol. The van der Waals surface area contributed by atoms with Crippen molar-refractivity contribution in [2.75, 3.05) is 13.1 Å². The normalized spacial score (nSPS) is 19.9. The Labute approximate surface area is 174 Å². The van der Waals surface area contributed by atoms with Gasteiger partial charge in [0.1, 0.15) is 6.61 Å².